The summed E-state index contributed by atoms with van der Waals surface area (Å²) in [5.74, 6) is 0. The summed E-state index contributed by atoms with van der Waals surface area (Å²) in [5.41, 5.74) is 1.97. The molecule has 1 N–H and O–H groups in total. The predicted octanol–water partition coefficient (Wildman–Crippen LogP) is 2.69. The van der Waals surface area contributed by atoms with E-state index in [-0.39, 0.29) is 0 Å². The molecule has 2 aliphatic rings. The van der Waals surface area contributed by atoms with E-state index in [9.17, 15) is 4.79 Å². The minimum atomic E-state index is -0.416. The Morgan fingerprint density at radius 3 is 3.00 bits per heavy atom. The van der Waals surface area contributed by atoms with Gasteiger partial charge in [0.25, 0.3) is 0 Å². The Morgan fingerprint density at radius 2 is 2.19 bits per heavy atom. The number of carbonyl (C=O) groups is 1. The minimum Gasteiger partial charge on any atom is -0.451 e. The van der Waals surface area contributed by atoms with Crippen molar-refractivity contribution in [3.8, 4) is 11.3 Å². The van der Waals surface area contributed by atoms with Gasteiger partial charge in [-0.05, 0) is 11.5 Å². The number of benzene rings is 1. The van der Waals surface area contributed by atoms with Crippen molar-refractivity contribution in [2.75, 3.05) is 7.11 Å². The molecule has 0 saturated carbocycles. The Labute approximate surface area is 91.8 Å². The van der Waals surface area contributed by atoms with Crippen LogP contribution in [0.1, 0.15) is 0 Å². The Bertz CT molecular complexity index is 636. The first-order chi connectivity index (χ1) is 7.79. The first-order valence-corrected chi connectivity index (χ1v) is 4.97. The van der Waals surface area contributed by atoms with Gasteiger partial charge in [0.2, 0.25) is 0 Å². The molecule has 16 heavy (non-hydrogen) atoms. The van der Waals surface area contributed by atoms with Crippen LogP contribution in [0.25, 0.3) is 22.0 Å². The molecule has 1 heterocycles. The Morgan fingerprint density at radius 1 is 1.38 bits per heavy atom. The number of methoxy groups -OCH3 is 1. The van der Waals surface area contributed by atoms with Crippen molar-refractivity contribution < 1.29 is 9.53 Å². The van der Waals surface area contributed by atoms with Crippen molar-refractivity contribution in [1.82, 2.24) is 9.78 Å². The lowest BCUT2D eigenvalue weighted by molar-refractivity contribution is 0.169. The van der Waals surface area contributed by atoms with Gasteiger partial charge in [-0.2, -0.15) is 4.68 Å². The van der Waals surface area contributed by atoms with Crippen molar-refractivity contribution in [2.24, 2.45) is 0 Å². The quantitative estimate of drug-likeness (QED) is 0.625. The second-order valence-electron chi connectivity index (χ2n) is 3.64. The van der Waals surface area contributed by atoms with E-state index in [4.69, 9.17) is 0 Å². The molecular formula is C12H10N2O2. The molecular weight excluding hydrogens is 204 g/mol. The molecule has 0 aromatic heterocycles. The lowest BCUT2D eigenvalue weighted by Crippen LogP contribution is -2.11. The molecule has 0 atom stereocenters. The number of aromatic nitrogens is 2. The number of nitrogens with one attached hydrogen (secondary N) is 1. The predicted molar refractivity (Wildman–Crippen MR) is 60.7 cm³/mol. The van der Waals surface area contributed by atoms with E-state index in [1.807, 2.05) is 30.3 Å². The smallest absolute Gasteiger partial charge is 0.432 e. The summed E-state index contributed by atoms with van der Waals surface area (Å²) in [6.45, 7) is 0. The van der Waals surface area contributed by atoms with Gasteiger partial charge in [-0.15, -0.1) is 0 Å². The fourth-order valence-corrected chi connectivity index (χ4v) is 1.96. The molecule has 3 rings (SSSR count). The van der Waals surface area contributed by atoms with Crippen molar-refractivity contribution in [2.45, 2.75) is 0 Å². The Balaban J connectivity index is 2.26. The molecule has 0 amide bonds. The third-order valence-corrected chi connectivity index (χ3v) is 2.70. The second kappa shape index (κ2) is 3.13. The maximum Gasteiger partial charge on any atom is 0.432 e. The maximum absolute atomic E-state index is 11.3. The van der Waals surface area contributed by atoms with E-state index in [2.05, 4.69) is 9.84 Å². The zero-order valence-electron chi connectivity index (χ0n) is 8.73. The van der Waals surface area contributed by atoms with Gasteiger partial charge in [-0.25, -0.2) is 4.79 Å². The highest BCUT2D eigenvalue weighted by Crippen LogP contribution is 2.32. The van der Waals surface area contributed by atoms with Crippen molar-refractivity contribution in [3.05, 3.63) is 36.5 Å². The third-order valence-electron chi connectivity index (χ3n) is 2.70. The van der Waals surface area contributed by atoms with Gasteiger partial charge >= 0.3 is 6.09 Å². The van der Waals surface area contributed by atoms with Gasteiger partial charge in [0.15, 0.2) is 0 Å². The molecule has 1 aromatic carbocycles. The summed E-state index contributed by atoms with van der Waals surface area (Å²) >= 11 is 0. The lowest BCUT2D eigenvalue weighted by atomic mass is 10.2. The molecule has 0 unspecified atom stereocenters. The number of hydrogen-bond donors (Lipinski definition) is 1. The van der Waals surface area contributed by atoms with Crippen LogP contribution in [0.15, 0.2) is 36.5 Å². The SMILES string of the molecule is COC(=O)n1cc2cc3ccccc3c-2[nH]1. The molecule has 0 radical (unpaired) electrons. The van der Waals surface area contributed by atoms with Gasteiger partial charge in [0.1, 0.15) is 0 Å². The van der Waals surface area contributed by atoms with Crippen LogP contribution in [0.5, 0.6) is 0 Å². The van der Waals surface area contributed by atoms with E-state index in [0.717, 1.165) is 16.6 Å². The zero-order valence-corrected chi connectivity index (χ0v) is 8.73. The van der Waals surface area contributed by atoms with Gasteiger partial charge in [-0.1, -0.05) is 24.3 Å². The molecule has 1 aliphatic carbocycles. The number of carbonyl (C=O) groups excluding carboxylic acids is 1. The average molecular weight is 214 g/mol. The normalized spacial score (nSPS) is 11.1. The van der Waals surface area contributed by atoms with E-state index in [0.29, 0.717) is 0 Å². The minimum absolute atomic E-state index is 0.416. The number of H-pyrrole nitrogens is 1. The Kier molecular flexibility index (Phi) is 1.77. The molecule has 0 spiro atoms. The van der Waals surface area contributed by atoms with E-state index in [1.165, 1.54) is 17.2 Å². The highest BCUT2D eigenvalue weighted by Gasteiger charge is 2.15. The van der Waals surface area contributed by atoms with Gasteiger partial charge in [-0.3, -0.25) is 5.10 Å². The first kappa shape index (κ1) is 9.03. The van der Waals surface area contributed by atoms with Crippen LogP contribution in [0.3, 0.4) is 0 Å². The molecule has 0 bridgehead atoms. The fourth-order valence-electron chi connectivity index (χ4n) is 1.96. The second-order valence-corrected chi connectivity index (χ2v) is 3.64. The van der Waals surface area contributed by atoms with Gasteiger partial charge in [0, 0.05) is 17.1 Å². The van der Waals surface area contributed by atoms with Crippen LogP contribution in [0.2, 0.25) is 0 Å². The molecule has 4 heteroatoms. The number of rotatable bonds is 0. The maximum atomic E-state index is 11.3. The summed E-state index contributed by atoms with van der Waals surface area (Å²) in [5, 5.41) is 5.29. The third kappa shape index (κ3) is 1.13. The van der Waals surface area contributed by atoms with Gasteiger partial charge in [0.05, 0.1) is 12.8 Å². The number of ether oxygens (including phenoxy) is 1. The van der Waals surface area contributed by atoms with E-state index in [1.54, 1.807) is 6.20 Å². The number of nitrogens with zero attached hydrogens (tertiary/aromatic N) is 1. The molecule has 0 fully saturated rings. The summed E-state index contributed by atoms with van der Waals surface area (Å²) < 4.78 is 5.98. The van der Waals surface area contributed by atoms with Crippen LogP contribution in [-0.2, 0) is 4.74 Å². The standard InChI is InChI=1S/C12H10N2O2/c1-16-12(15)14-7-9-6-8-4-2-3-5-10(8)11(9)13-14/h2-7,13H,1H3. The van der Waals surface area contributed by atoms with Crippen LogP contribution in [0, 0.1) is 0 Å². The molecule has 80 valence electrons. The van der Waals surface area contributed by atoms with Crippen molar-refractivity contribution >= 4 is 16.9 Å². The Hall–Kier alpha value is -2.23. The van der Waals surface area contributed by atoms with Crippen LogP contribution >= 0.6 is 0 Å². The molecule has 4 nitrogen and oxygen atoms in total. The number of hydrogen-bond acceptors (Lipinski definition) is 2. The number of fused-ring (bicyclic) bond motifs is 3. The molecule has 1 aliphatic heterocycles. The zero-order chi connectivity index (χ0) is 11.1. The largest absolute Gasteiger partial charge is 0.451 e. The monoisotopic (exact) mass is 214 g/mol. The van der Waals surface area contributed by atoms with Crippen molar-refractivity contribution in [3.63, 3.8) is 0 Å². The topological polar surface area (TPSA) is 47.0 Å². The summed E-state index contributed by atoms with van der Waals surface area (Å²) in [7, 11) is 1.36. The van der Waals surface area contributed by atoms with E-state index < -0.39 is 6.09 Å². The highest BCUT2D eigenvalue weighted by molar-refractivity contribution is 6.00. The molecule has 0 saturated heterocycles. The van der Waals surface area contributed by atoms with Crippen LogP contribution < -0.4 is 0 Å². The summed E-state index contributed by atoms with van der Waals surface area (Å²) in [6, 6.07) is 10.1. The lowest BCUT2D eigenvalue weighted by Gasteiger charge is -1.97. The van der Waals surface area contributed by atoms with Crippen LogP contribution in [0.4, 0.5) is 4.79 Å². The number of aromatic amines is 1. The van der Waals surface area contributed by atoms with Gasteiger partial charge < -0.3 is 4.74 Å². The van der Waals surface area contributed by atoms with Crippen LogP contribution in [-0.4, -0.2) is 23.0 Å². The summed E-state index contributed by atoms with van der Waals surface area (Å²) in [4.78, 5) is 11.3. The highest BCUT2D eigenvalue weighted by atomic mass is 16.5. The van der Waals surface area contributed by atoms with E-state index >= 15 is 0 Å². The first-order valence-electron chi connectivity index (χ1n) is 4.97. The summed E-state index contributed by atoms with van der Waals surface area (Å²) in [6.07, 6.45) is 1.32. The average Bonchev–Trinajstić information content (AvgIpc) is 2.85. The van der Waals surface area contributed by atoms with Crippen molar-refractivity contribution in [1.29, 1.82) is 0 Å². The molecule has 1 aromatic rings. The fraction of sp³-hybridized carbons (Fsp3) is 0.0833.